The Morgan fingerprint density at radius 2 is 2.12 bits per heavy atom. The Morgan fingerprint density at radius 1 is 1.29 bits per heavy atom. The van der Waals surface area contributed by atoms with E-state index in [1.54, 1.807) is 24.0 Å². The molecular formula is C13H9ClN2S. The van der Waals surface area contributed by atoms with Gasteiger partial charge in [0.05, 0.1) is 16.7 Å². The van der Waals surface area contributed by atoms with E-state index in [0.717, 1.165) is 16.3 Å². The molecule has 0 aliphatic carbocycles. The molecule has 0 radical (unpaired) electrons. The number of thioether (sulfide) groups is 1. The highest BCUT2D eigenvalue weighted by atomic mass is 35.5. The maximum absolute atomic E-state index is 8.96. The first-order valence-corrected chi connectivity index (χ1v) is 6.38. The number of hydrogen-bond acceptors (Lipinski definition) is 3. The zero-order valence-corrected chi connectivity index (χ0v) is 10.5. The van der Waals surface area contributed by atoms with Crippen molar-refractivity contribution in [2.24, 2.45) is 0 Å². The highest BCUT2D eigenvalue weighted by Gasteiger charge is 2.02. The molecule has 0 bridgehead atoms. The first kappa shape index (κ1) is 12.0. The summed E-state index contributed by atoms with van der Waals surface area (Å²) < 4.78 is 0. The van der Waals surface area contributed by atoms with Crippen LogP contribution in [0.25, 0.3) is 0 Å². The quantitative estimate of drug-likeness (QED) is 0.786. The molecule has 2 rings (SSSR count). The molecular weight excluding hydrogens is 252 g/mol. The molecule has 0 amide bonds. The van der Waals surface area contributed by atoms with Gasteiger partial charge in [-0.25, -0.2) is 4.98 Å². The van der Waals surface area contributed by atoms with E-state index >= 15 is 0 Å². The molecule has 2 nitrogen and oxygen atoms in total. The molecule has 2 aromatic rings. The number of halogens is 1. The van der Waals surface area contributed by atoms with Crippen molar-refractivity contribution >= 4 is 23.4 Å². The van der Waals surface area contributed by atoms with Crippen LogP contribution in [0.15, 0.2) is 47.6 Å². The second kappa shape index (κ2) is 5.72. The molecule has 0 spiro atoms. The second-order valence-electron chi connectivity index (χ2n) is 3.37. The molecule has 1 heterocycles. The predicted octanol–water partition coefficient (Wildman–Crippen LogP) is 3.90. The van der Waals surface area contributed by atoms with Crippen LogP contribution in [0.4, 0.5) is 0 Å². The average Bonchev–Trinajstić information content (AvgIpc) is 2.37. The summed E-state index contributed by atoms with van der Waals surface area (Å²) in [5.41, 5.74) is 1.73. The molecule has 0 aliphatic rings. The van der Waals surface area contributed by atoms with Gasteiger partial charge in [-0.1, -0.05) is 29.8 Å². The van der Waals surface area contributed by atoms with Crippen molar-refractivity contribution in [3.05, 3.63) is 58.7 Å². The number of benzene rings is 1. The van der Waals surface area contributed by atoms with Gasteiger partial charge in [-0.2, -0.15) is 5.26 Å². The summed E-state index contributed by atoms with van der Waals surface area (Å²) >= 11 is 7.45. The van der Waals surface area contributed by atoms with Crippen LogP contribution >= 0.6 is 23.4 Å². The molecule has 17 heavy (non-hydrogen) atoms. The third kappa shape index (κ3) is 3.23. The number of rotatable bonds is 3. The Balaban J connectivity index is 2.10. The van der Waals surface area contributed by atoms with Gasteiger partial charge in [0.25, 0.3) is 0 Å². The zero-order valence-electron chi connectivity index (χ0n) is 8.93. The molecule has 0 saturated heterocycles. The van der Waals surface area contributed by atoms with Crippen LogP contribution in [0.1, 0.15) is 11.1 Å². The molecule has 0 atom stereocenters. The highest BCUT2D eigenvalue weighted by molar-refractivity contribution is 7.98. The Kier molecular flexibility index (Phi) is 4.03. The van der Waals surface area contributed by atoms with Gasteiger partial charge in [0, 0.05) is 17.0 Å². The largest absolute Gasteiger partial charge is 0.250 e. The summed E-state index contributed by atoms with van der Waals surface area (Å²) in [5.74, 6) is 0.719. The Hall–Kier alpha value is -1.50. The fourth-order valence-corrected chi connectivity index (χ4v) is 2.50. The number of pyridine rings is 1. The third-order valence-corrected chi connectivity index (χ3v) is 3.42. The highest BCUT2D eigenvalue weighted by Crippen LogP contribution is 2.24. The van der Waals surface area contributed by atoms with Gasteiger partial charge in [0.1, 0.15) is 0 Å². The fourth-order valence-electron chi connectivity index (χ4n) is 1.37. The monoisotopic (exact) mass is 260 g/mol. The van der Waals surface area contributed by atoms with Gasteiger partial charge >= 0.3 is 0 Å². The average molecular weight is 261 g/mol. The van der Waals surface area contributed by atoms with Gasteiger partial charge < -0.3 is 0 Å². The van der Waals surface area contributed by atoms with Crippen molar-refractivity contribution in [3.8, 4) is 6.07 Å². The van der Waals surface area contributed by atoms with Crippen molar-refractivity contribution in [1.82, 2.24) is 4.98 Å². The van der Waals surface area contributed by atoms with E-state index in [1.807, 2.05) is 30.3 Å². The Labute approximate surface area is 109 Å². The van der Waals surface area contributed by atoms with E-state index < -0.39 is 0 Å². The summed E-state index contributed by atoms with van der Waals surface area (Å²) in [5, 5.41) is 10.5. The number of nitriles is 1. The molecule has 0 N–H and O–H groups in total. The van der Waals surface area contributed by atoms with Crippen molar-refractivity contribution in [1.29, 1.82) is 5.26 Å². The minimum absolute atomic E-state index is 0.677. The fraction of sp³-hybridized carbons (Fsp3) is 0.0769. The zero-order chi connectivity index (χ0) is 12.1. The van der Waals surface area contributed by atoms with Gasteiger partial charge in [0.2, 0.25) is 0 Å². The normalized spacial score (nSPS) is 9.88. The van der Waals surface area contributed by atoms with Crippen LogP contribution in [0.5, 0.6) is 0 Å². The number of hydrogen-bond donors (Lipinski definition) is 0. The van der Waals surface area contributed by atoms with Gasteiger partial charge in [0.15, 0.2) is 0 Å². The molecule has 0 aliphatic heterocycles. The third-order valence-electron chi connectivity index (χ3n) is 2.21. The van der Waals surface area contributed by atoms with Gasteiger partial charge in [-0.3, -0.25) is 0 Å². The lowest BCUT2D eigenvalue weighted by atomic mass is 10.1. The van der Waals surface area contributed by atoms with Gasteiger partial charge in [-0.05, 0) is 23.8 Å². The van der Waals surface area contributed by atoms with Crippen LogP contribution in [-0.2, 0) is 5.75 Å². The molecule has 0 saturated carbocycles. The maximum Gasteiger partial charge on any atom is 0.0994 e. The van der Waals surface area contributed by atoms with Gasteiger partial charge in [-0.15, -0.1) is 11.8 Å². The smallest absolute Gasteiger partial charge is 0.0994 e. The molecule has 0 unspecified atom stereocenters. The van der Waals surface area contributed by atoms with E-state index in [-0.39, 0.29) is 0 Å². The van der Waals surface area contributed by atoms with E-state index in [0.29, 0.717) is 10.6 Å². The predicted molar refractivity (Wildman–Crippen MR) is 70.0 cm³/mol. The van der Waals surface area contributed by atoms with E-state index in [4.69, 9.17) is 16.9 Å². The van der Waals surface area contributed by atoms with Crippen LogP contribution < -0.4 is 0 Å². The lowest BCUT2D eigenvalue weighted by Gasteiger charge is -2.03. The summed E-state index contributed by atoms with van der Waals surface area (Å²) in [4.78, 5) is 4.21. The summed E-state index contributed by atoms with van der Waals surface area (Å²) in [7, 11) is 0. The van der Waals surface area contributed by atoms with E-state index in [9.17, 15) is 0 Å². The lowest BCUT2D eigenvalue weighted by Crippen LogP contribution is -1.87. The molecule has 84 valence electrons. The topological polar surface area (TPSA) is 36.7 Å². The van der Waals surface area contributed by atoms with Crippen molar-refractivity contribution in [2.45, 2.75) is 10.8 Å². The first-order valence-electron chi connectivity index (χ1n) is 5.02. The summed E-state index contributed by atoms with van der Waals surface area (Å²) in [6, 6.07) is 13.3. The van der Waals surface area contributed by atoms with E-state index in [2.05, 4.69) is 11.1 Å². The molecule has 4 heteroatoms. The van der Waals surface area contributed by atoms with Crippen molar-refractivity contribution in [3.63, 3.8) is 0 Å². The molecule has 1 aromatic heterocycles. The minimum Gasteiger partial charge on any atom is -0.250 e. The number of nitrogens with zero attached hydrogens (tertiary/aromatic N) is 2. The minimum atomic E-state index is 0.677. The lowest BCUT2D eigenvalue weighted by molar-refractivity contribution is 1.13. The summed E-state index contributed by atoms with van der Waals surface area (Å²) in [6.07, 6.45) is 1.68. The SMILES string of the molecule is N#Cc1ccccc1CSc1cc(Cl)ccn1. The molecule has 0 fully saturated rings. The Bertz CT molecular complexity index is 563. The van der Waals surface area contributed by atoms with Crippen molar-refractivity contribution < 1.29 is 0 Å². The maximum atomic E-state index is 8.96. The van der Waals surface area contributed by atoms with Crippen LogP contribution in [0.3, 0.4) is 0 Å². The van der Waals surface area contributed by atoms with Crippen LogP contribution in [0.2, 0.25) is 5.02 Å². The van der Waals surface area contributed by atoms with Crippen molar-refractivity contribution in [2.75, 3.05) is 0 Å². The standard InChI is InChI=1S/C13H9ClN2S/c14-12-5-6-16-13(7-12)17-9-11-4-2-1-3-10(11)8-15/h1-7H,9H2. The first-order chi connectivity index (χ1) is 8.29. The summed E-state index contributed by atoms with van der Waals surface area (Å²) in [6.45, 7) is 0. The van der Waals surface area contributed by atoms with Crippen LogP contribution in [-0.4, -0.2) is 4.98 Å². The number of aromatic nitrogens is 1. The molecule has 1 aromatic carbocycles. The van der Waals surface area contributed by atoms with Crippen LogP contribution in [0, 0.1) is 11.3 Å². The second-order valence-corrected chi connectivity index (χ2v) is 4.80. The Morgan fingerprint density at radius 3 is 2.88 bits per heavy atom. The van der Waals surface area contributed by atoms with E-state index in [1.165, 1.54) is 0 Å².